The predicted octanol–water partition coefficient (Wildman–Crippen LogP) is 1.10. The average molecular weight is 292 g/mol. The third-order valence-corrected chi connectivity index (χ3v) is 4.67. The third kappa shape index (κ3) is 3.01. The third-order valence-electron chi connectivity index (χ3n) is 4.67. The maximum absolute atomic E-state index is 14.0. The van der Waals surface area contributed by atoms with Gasteiger partial charge in [-0.2, -0.15) is 0 Å². The summed E-state index contributed by atoms with van der Waals surface area (Å²) < 4.78 is 14.0. The molecule has 114 valence electrons. The van der Waals surface area contributed by atoms with Crippen LogP contribution in [0.15, 0.2) is 23.4 Å². The van der Waals surface area contributed by atoms with E-state index in [-0.39, 0.29) is 11.7 Å². The van der Waals surface area contributed by atoms with Gasteiger partial charge in [-0.25, -0.2) is 4.39 Å². The fourth-order valence-corrected chi connectivity index (χ4v) is 3.35. The summed E-state index contributed by atoms with van der Waals surface area (Å²) in [7, 11) is 0. The van der Waals surface area contributed by atoms with E-state index in [2.05, 4.69) is 15.4 Å². The summed E-state index contributed by atoms with van der Waals surface area (Å²) in [6, 6.07) is 5.13. The Labute approximate surface area is 123 Å². The molecule has 3 saturated heterocycles. The molecule has 6 heteroatoms. The Bertz CT molecular complexity index is 540. The number of halogens is 1. The molecule has 3 aliphatic heterocycles. The summed E-state index contributed by atoms with van der Waals surface area (Å²) in [5.74, 6) is 0.313. The summed E-state index contributed by atoms with van der Waals surface area (Å²) >= 11 is 0. The van der Waals surface area contributed by atoms with E-state index in [4.69, 9.17) is 10.9 Å². The zero-order valence-electron chi connectivity index (χ0n) is 11.9. The molecule has 0 amide bonds. The molecule has 0 aromatic heterocycles. The fourth-order valence-electron chi connectivity index (χ4n) is 3.35. The average Bonchev–Trinajstić information content (AvgIpc) is 2.54. The topological polar surface area (TPSA) is 73.9 Å². The summed E-state index contributed by atoms with van der Waals surface area (Å²) in [4.78, 5) is 2.47. The highest BCUT2D eigenvalue weighted by Gasteiger charge is 2.33. The number of rotatable bonds is 4. The van der Waals surface area contributed by atoms with Crippen molar-refractivity contribution in [2.24, 2.45) is 16.8 Å². The van der Waals surface area contributed by atoms with E-state index in [1.807, 2.05) is 0 Å². The molecule has 3 aliphatic rings. The molecule has 21 heavy (non-hydrogen) atoms. The Kier molecular flexibility index (Phi) is 4.07. The molecule has 1 aromatic rings. The van der Waals surface area contributed by atoms with Gasteiger partial charge in [-0.05, 0) is 37.9 Å². The molecular weight excluding hydrogens is 271 g/mol. The first-order chi connectivity index (χ1) is 10.2. The lowest BCUT2D eigenvalue weighted by Crippen LogP contribution is -2.55. The van der Waals surface area contributed by atoms with Crippen LogP contribution in [-0.2, 0) is 6.54 Å². The maximum atomic E-state index is 14.0. The van der Waals surface area contributed by atoms with Gasteiger partial charge in [0.2, 0.25) is 0 Å². The molecule has 4 rings (SSSR count). The van der Waals surface area contributed by atoms with Gasteiger partial charge in [-0.15, -0.1) is 0 Å². The van der Waals surface area contributed by atoms with Crippen LogP contribution >= 0.6 is 0 Å². The monoisotopic (exact) mass is 292 g/mol. The molecule has 3 heterocycles. The van der Waals surface area contributed by atoms with Crippen LogP contribution in [0, 0.1) is 11.7 Å². The molecule has 3 fully saturated rings. The van der Waals surface area contributed by atoms with Gasteiger partial charge in [-0.1, -0.05) is 17.3 Å². The van der Waals surface area contributed by atoms with Crippen LogP contribution in [0.5, 0.6) is 0 Å². The van der Waals surface area contributed by atoms with Crippen molar-refractivity contribution in [2.45, 2.75) is 25.4 Å². The van der Waals surface area contributed by atoms with Crippen LogP contribution in [0.4, 0.5) is 4.39 Å². The second-order valence-corrected chi connectivity index (χ2v) is 5.92. The minimum Gasteiger partial charge on any atom is -0.409 e. The fraction of sp³-hybridized carbons (Fsp3) is 0.533. The van der Waals surface area contributed by atoms with Gasteiger partial charge in [-0.3, -0.25) is 0 Å². The van der Waals surface area contributed by atoms with Crippen molar-refractivity contribution in [1.82, 2.24) is 10.2 Å². The number of benzene rings is 1. The number of piperidine rings is 3. The second kappa shape index (κ2) is 5.99. The molecule has 0 spiro atoms. The Morgan fingerprint density at radius 3 is 2.76 bits per heavy atom. The van der Waals surface area contributed by atoms with E-state index in [9.17, 15) is 4.39 Å². The number of fused-ring (bicyclic) bond motifs is 3. The van der Waals surface area contributed by atoms with Gasteiger partial charge in [0, 0.05) is 30.3 Å². The van der Waals surface area contributed by atoms with E-state index in [1.165, 1.54) is 32.0 Å². The molecule has 1 aromatic carbocycles. The van der Waals surface area contributed by atoms with E-state index in [0.717, 1.165) is 12.5 Å². The number of oxime groups is 1. The summed E-state index contributed by atoms with van der Waals surface area (Å²) in [6.45, 7) is 3.98. The molecule has 1 unspecified atom stereocenters. The Hall–Kier alpha value is -1.66. The van der Waals surface area contributed by atoms with Gasteiger partial charge >= 0.3 is 0 Å². The minimum atomic E-state index is -0.326. The van der Waals surface area contributed by atoms with Crippen molar-refractivity contribution in [3.8, 4) is 0 Å². The molecule has 1 atom stereocenters. The van der Waals surface area contributed by atoms with Crippen LogP contribution in [0.25, 0.3) is 0 Å². The van der Waals surface area contributed by atoms with E-state index in [0.29, 0.717) is 23.7 Å². The maximum Gasteiger partial charge on any atom is 0.170 e. The normalized spacial score (nSPS) is 28.8. The van der Waals surface area contributed by atoms with Crippen molar-refractivity contribution < 1.29 is 9.60 Å². The second-order valence-electron chi connectivity index (χ2n) is 5.92. The molecular formula is C15H21FN4O. The highest BCUT2D eigenvalue weighted by Crippen LogP contribution is 2.27. The molecule has 0 aliphatic carbocycles. The molecule has 4 N–H and O–H groups in total. The lowest BCUT2D eigenvalue weighted by molar-refractivity contribution is 0.0719. The largest absolute Gasteiger partial charge is 0.409 e. The lowest BCUT2D eigenvalue weighted by Gasteiger charge is -2.45. The van der Waals surface area contributed by atoms with Crippen LogP contribution in [0.2, 0.25) is 0 Å². The summed E-state index contributed by atoms with van der Waals surface area (Å²) in [5, 5.41) is 15.0. The van der Waals surface area contributed by atoms with Crippen LogP contribution in [0.1, 0.15) is 24.0 Å². The predicted molar refractivity (Wildman–Crippen MR) is 78.7 cm³/mol. The zero-order valence-corrected chi connectivity index (χ0v) is 11.9. The van der Waals surface area contributed by atoms with Crippen molar-refractivity contribution in [3.63, 3.8) is 0 Å². The van der Waals surface area contributed by atoms with E-state index in [1.54, 1.807) is 12.1 Å². The first-order valence-electron chi connectivity index (χ1n) is 7.39. The van der Waals surface area contributed by atoms with Crippen LogP contribution in [0.3, 0.4) is 0 Å². The van der Waals surface area contributed by atoms with Crippen LogP contribution in [-0.4, -0.2) is 41.6 Å². The highest BCUT2D eigenvalue weighted by molar-refractivity contribution is 5.97. The van der Waals surface area contributed by atoms with Gasteiger partial charge in [0.15, 0.2) is 5.84 Å². The van der Waals surface area contributed by atoms with Gasteiger partial charge in [0.1, 0.15) is 5.82 Å². The van der Waals surface area contributed by atoms with Crippen molar-refractivity contribution in [3.05, 3.63) is 35.1 Å². The first kappa shape index (κ1) is 14.3. The standard InChI is InChI=1S/C15H21FN4O/c16-13-7-11(15(17)19-21)1-2-12(13)8-18-14-9-20-5-3-10(14)4-6-20/h1-2,7,10,14,18,21H,3-6,8-9H2,(H2,17,19). The van der Waals surface area contributed by atoms with E-state index >= 15 is 0 Å². The quantitative estimate of drug-likeness (QED) is 0.336. The van der Waals surface area contributed by atoms with Gasteiger partial charge in [0.25, 0.3) is 0 Å². The lowest BCUT2D eigenvalue weighted by atomic mass is 9.84. The number of nitrogens with two attached hydrogens (primary N) is 1. The minimum absolute atomic E-state index is 0.0780. The Balaban J connectivity index is 1.63. The highest BCUT2D eigenvalue weighted by atomic mass is 19.1. The number of nitrogens with one attached hydrogen (secondary N) is 1. The number of nitrogens with zero attached hydrogens (tertiary/aromatic N) is 2. The van der Waals surface area contributed by atoms with Gasteiger partial charge in [0.05, 0.1) is 0 Å². The van der Waals surface area contributed by atoms with E-state index < -0.39 is 0 Å². The Morgan fingerprint density at radius 2 is 2.19 bits per heavy atom. The smallest absolute Gasteiger partial charge is 0.170 e. The Morgan fingerprint density at radius 1 is 1.43 bits per heavy atom. The summed E-state index contributed by atoms with van der Waals surface area (Å²) in [6.07, 6.45) is 2.48. The molecule has 0 saturated carbocycles. The van der Waals surface area contributed by atoms with Crippen molar-refractivity contribution >= 4 is 5.84 Å². The van der Waals surface area contributed by atoms with Crippen molar-refractivity contribution in [1.29, 1.82) is 0 Å². The molecule has 0 radical (unpaired) electrons. The number of amidine groups is 1. The van der Waals surface area contributed by atoms with Gasteiger partial charge < -0.3 is 21.2 Å². The molecule has 5 nitrogen and oxygen atoms in total. The first-order valence-corrected chi connectivity index (χ1v) is 7.39. The summed E-state index contributed by atoms with van der Waals surface area (Å²) in [5.41, 5.74) is 6.46. The molecule has 2 bridgehead atoms. The number of hydrogen-bond donors (Lipinski definition) is 3. The van der Waals surface area contributed by atoms with Crippen molar-refractivity contribution in [2.75, 3.05) is 19.6 Å². The SMILES string of the molecule is NC(=NO)c1ccc(CNC2CN3CCC2CC3)c(F)c1. The van der Waals surface area contributed by atoms with Crippen LogP contribution < -0.4 is 11.1 Å². The number of hydrogen-bond acceptors (Lipinski definition) is 4. The zero-order chi connectivity index (χ0) is 14.8.